The number of benzene rings is 3. The highest BCUT2D eigenvalue weighted by Crippen LogP contribution is 2.39. The molecule has 0 radical (unpaired) electrons. The topological polar surface area (TPSA) is 76.0 Å². The molecule has 1 aliphatic heterocycles. The van der Waals surface area contributed by atoms with Crippen molar-refractivity contribution in [2.75, 3.05) is 0 Å². The van der Waals surface area contributed by atoms with E-state index in [-0.39, 0.29) is 5.04 Å². The minimum absolute atomic E-state index is 0.302. The van der Waals surface area contributed by atoms with Crippen LogP contribution in [0.25, 0.3) is 6.08 Å². The van der Waals surface area contributed by atoms with Gasteiger partial charge in [-0.05, 0) is 27.4 Å². The SMILES string of the molecule is CC(C)(C)[Si](O[C@@H](C/C=C/c1ccccc1)[C@H]1OC(=O)[C@@H](O)[C@H]1O)(c1ccccc1)c1ccccc1. The molecule has 36 heavy (non-hydrogen) atoms. The first-order chi connectivity index (χ1) is 17.2. The molecule has 1 saturated heterocycles. The van der Waals surface area contributed by atoms with Gasteiger partial charge in [0.25, 0.3) is 8.32 Å². The lowest BCUT2D eigenvalue weighted by atomic mass is 10.0. The highest BCUT2D eigenvalue weighted by molar-refractivity contribution is 6.99. The van der Waals surface area contributed by atoms with E-state index in [0.29, 0.717) is 6.42 Å². The fourth-order valence-electron chi connectivity index (χ4n) is 4.96. The Labute approximate surface area is 214 Å². The van der Waals surface area contributed by atoms with Gasteiger partial charge in [-0.25, -0.2) is 4.79 Å². The van der Waals surface area contributed by atoms with Gasteiger partial charge < -0.3 is 19.4 Å². The first-order valence-corrected chi connectivity index (χ1v) is 14.2. The number of cyclic esters (lactones) is 1. The van der Waals surface area contributed by atoms with Gasteiger partial charge in [-0.2, -0.15) is 0 Å². The van der Waals surface area contributed by atoms with E-state index in [1.807, 2.05) is 78.9 Å². The van der Waals surface area contributed by atoms with Crippen molar-refractivity contribution in [2.45, 2.75) is 56.6 Å². The monoisotopic (exact) mass is 502 g/mol. The molecule has 0 aromatic heterocycles. The van der Waals surface area contributed by atoms with Crippen LogP contribution in [0.15, 0.2) is 97.1 Å². The van der Waals surface area contributed by atoms with Crippen molar-refractivity contribution in [2.24, 2.45) is 0 Å². The summed E-state index contributed by atoms with van der Waals surface area (Å²) < 4.78 is 12.7. The Kier molecular flexibility index (Phi) is 7.90. The van der Waals surface area contributed by atoms with Crippen LogP contribution in [-0.2, 0) is 14.0 Å². The standard InChI is InChI=1S/C30H34O5Si/c1-30(2,3)36(23-17-9-5-10-18-23,24-19-11-6-12-20-24)35-25(28-26(31)27(32)29(33)34-28)21-13-16-22-14-7-4-8-15-22/h4-20,25-28,31-32H,21H2,1-3H3/b16-13+/t25-,26+,27-,28+/m0/s1. The fraction of sp³-hybridized carbons (Fsp3) is 0.300. The number of carbonyl (C=O) groups is 1. The minimum Gasteiger partial charge on any atom is -0.455 e. The Morgan fingerprint density at radius 2 is 1.39 bits per heavy atom. The smallest absolute Gasteiger partial charge is 0.338 e. The molecule has 1 fully saturated rings. The van der Waals surface area contributed by atoms with Crippen molar-refractivity contribution in [3.63, 3.8) is 0 Å². The molecule has 0 spiro atoms. The summed E-state index contributed by atoms with van der Waals surface area (Å²) in [5, 5.41) is 22.8. The summed E-state index contributed by atoms with van der Waals surface area (Å²) in [6.07, 6.45) is -0.267. The molecule has 0 saturated carbocycles. The quantitative estimate of drug-likeness (QED) is 0.363. The van der Waals surface area contributed by atoms with Crippen LogP contribution in [-0.4, -0.2) is 48.9 Å². The predicted molar refractivity (Wildman–Crippen MR) is 144 cm³/mol. The summed E-state index contributed by atoms with van der Waals surface area (Å²) in [6, 6.07) is 30.3. The molecular formula is C30H34O5Si. The molecule has 1 heterocycles. The summed E-state index contributed by atoms with van der Waals surface area (Å²) in [5.74, 6) is -0.824. The molecule has 6 heteroatoms. The Morgan fingerprint density at radius 3 is 1.83 bits per heavy atom. The molecule has 4 rings (SSSR count). The van der Waals surface area contributed by atoms with E-state index >= 15 is 0 Å². The molecule has 1 aliphatic rings. The molecule has 4 atom stereocenters. The van der Waals surface area contributed by atoms with Crippen molar-refractivity contribution >= 4 is 30.7 Å². The van der Waals surface area contributed by atoms with Crippen molar-refractivity contribution < 1.29 is 24.2 Å². The van der Waals surface area contributed by atoms with Gasteiger partial charge in [-0.3, -0.25) is 0 Å². The second kappa shape index (κ2) is 10.9. The third kappa shape index (κ3) is 5.22. The molecule has 5 nitrogen and oxygen atoms in total. The van der Waals surface area contributed by atoms with E-state index < -0.39 is 38.7 Å². The molecule has 2 N–H and O–H groups in total. The second-order valence-corrected chi connectivity index (χ2v) is 14.5. The molecule has 188 valence electrons. The van der Waals surface area contributed by atoms with Crippen LogP contribution in [0.1, 0.15) is 32.8 Å². The number of aliphatic hydroxyl groups is 2. The third-order valence-electron chi connectivity index (χ3n) is 6.74. The molecule has 3 aromatic rings. The van der Waals surface area contributed by atoms with Crippen molar-refractivity contribution in [3.8, 4) is 0 Å². The van der Waals surface area contributed by atoms with Gasteiger partial charge >= 0.3 is 5.97 Å². The molecule has 0 amide bonds. The van der Waals surface area contributed by atoms with Crippen LogP contribution in [0.2, 0.25) is 5.04 Å². The lowest BCUT2D eigenvalue weighted by Crippen LogP contribution is -2.68. The Hall–Kier alpha value is -3.03. The second-order valence-electron chi connectivity index (χ2n) is 10.2. The zero-order valence-corrected chi connectivity index (χ0v) is 22.0. The summed E-state index contributed by atoms with van der Waals surface area (Å²) in [6.45, 7) is 6.51. The third-order valence-corrected chi connectivity index (χ3v) is 11.8. The maximum Gasteiger partial charge on any atom is 0.338 e. The first kappa shape index (κ1) is 26.0. The van der Waals surface area contributed by atoms with Crippen LogP contribution in [0, 0.1) is 0 Å². The maximum absolute atomic E-state index is 12.2. The van der Waals surface area contributed by atoms with Crippen LogP contribution >= 0.6 is 0 Å². The molecule has 0 aliphatic carbocycles. The fourth-order valence-corrected chi connectivity index (χ4v) is 9.66. The zero-order valence-electron chi connectivity index (χ0n) is 21.0. The zero-order chi connectivity index (χ0) is 25.8. The van der Waals surface area contributed by atoms with Crippen LogP contribution in [0.3, 0.4) is 0 Å². The normalized spacial score (nSPS) is 21.5. The number of esters is 1. The van der Waals surface area contributed by atoms with Gasteiger partial charge in [-0.15, -0.1) is 0 Å². The van der Waals surface area contributed by atoms with Crippen molar-refractivity contribution in [3.05, 3.63) is 103 Å². The maximum atomic E-state index is 12.2. The average molecular weight is 503 g/mol. The number of hydrogen-bond donors (Lipinski definition) is 2. The van der Waals surface area contributed by atoms with E-state index in [0.717, 1.165) is 15.9 Å². The lowest BCUT2D eigenvalue weighted by molar-refractivity contribution is -0.150. The van der Waals surface area contributed by atoms with Crippen LogP contribution < -0.4 is 10.4 Å². The van der Waals surface area contributed by atoms with E-state index in [9.17, 15) is 15.0 Å². The van der Waals surface area contributed by atoms with E-state index in [4.69, 9.17) is 9.16 Å². The van der Waals surface area contributed by atoms with E-state index in [1.54, 1.807) is 0 Å². The van der Waals surface area contributed by atoms with Gasteiger partial charge in [0.1, 0.15) is 6.10 Å². The summed E-state index contributed by atoms with van der Waals surface area (Å²) in [4.78, 5) is 12.2. The lowest BCUT2D eigenvalue weighted by Gasteiger charge is -2.46. The number of ether oxygens (including phenoxy) is 1. The number of hydrogen-bond acceptors (Lipinski definition) is 5. The first-order valence-electron chi connectivity index (χ1n) is 12.3. The Morgan fingerprint density at radius 1 is 0.889 bits per heavy atom. The minimum atomic E-state index is -3.00. The average Bonchev–Trinajstić information content (AvgIpc) is 3.14. The van der Waals surface area contributed by atoms with Gasteiger partial charge in [0, 0.05) is 0 Å². The predicted octanol–water partition coefficient (Wildman–Crippen LogP) is 3.68. The molecule has 3 aromatic carbocycles. The molecular weight excluding hydrogens is 468 g/mol. The Bertz CT molecular complexity index is 1120. The number of rotatable bonds is 8. The van der Waals surface area contributed by atoms with Crippen LogP contribution in [0.5, 0.6) is 0 Å². The van der Waals surface area contributed by atoms with Crippen molar-refractivity contribution in [1.82, 2.24) is 0 Å². The van der Waals surface area contributed by atoms with Gasteiger partial charge in [0.2, 0.25) is 0 Å². The van der Waals surface area contributed by atoms with Crippen LogP contribution in [0.4, 0.5) is 0 Å². The number of aliphatic hydroxyl groups excluding tert-OH is 2. The summed E-state index contributed by atoms with van der Waals surface area (Å²) >= 11 is 0. The Balaban J connectivity index is 1.81. The van der Waals surface area contributed by atoms with Gasteiger partial charge in [-0.1, -0.05) is 124 Å². The largest absolute Gasteiger partial charge is 0.455 e. The van der Waals surface area contributed by atoms with Gasteiger partial charge in [0.05, 0.1) is 6.10 Å². The highest BCUT2D eigenvalue weighted by Gasteiger charge is 2.55. The number of carbonyl (C=O) groups excluding carboxylic acids is 1. The van der Waals surface area contributed by atoms with E-state index in [1.165, 1.54) is 0 Å². The van der Waals surface area contributed by atoms with E-state index in [2.05, 4.69) is 45.0 Å². The van der Waals surface area contributed by atoms with Gasteiger partial charge in [0.15, 0.2) is 12.2 Å². The summed E-state index contributed by atoms with van der Waals surface area (Å²) in [5.41, 5.74) is 1.03. The van der Waals surface area contributed by atoms with Crippen molar-refractivity contribution in [1.29, 1.82) is 0 Å². The highest BCUT2D eigenvalue weighted by atomic mass is 28.4. The molecule has 0 unspecified atom stereocenters. The summed E-state index contributed by atoms with van der Waals surface area (Å²) in [7, 11) is -3.00. The molecule has 0 bridgehead atoms.